The van der Waals surface area contributed by atoms with Crippen molar-refractivity contribution in [3.63, 3.8) is 0 Å². The van der Waals surface area contributed by atoms with Gasteiger partial charge >= 0.3 is 0 Å². The molecule has 0 aliphatic carbocycles. The molecule has 0 radical (unpaired) electrons. The summed E-state index contributed by atoms with van der Waals surface area (Å²) in [5.41, 5.74) is 0.865. The second-order valence-corrected chi connectivity index (χ2v) is 6.39. The van der Waals surface area contributed by atoms with Gasteiger partial charge in [-0.1, -0.05) is 24.3 Å². The smallest absolute Gasteiger partial charge is 0.219 e. The van der Waals surface area contributed by atoms with Gasteiger partial charge in [0.1, 0.15) is 18.0 Å². The van der Waals surface area contributed by atoms with Crippen LogP contribution < -0.4 is 0 Å². The molecule has 0 N–H and O–H groups in total. The third kappa shape index (κ3) is 3.92. The Labute approximate surface area is 159 Å². The third-order valence-corrected chi connectivity index (χ3v) is 4.60. The minimum atomic E-state index is -0.425. The van der Waals surface area contributed by atoms with Crippen molar-refractivity contribution >= 4 is 23.2 Å². The number of halogens is 1. The number of benzene rings is 1. The van der Waals surface area contributed by atoms with E-state index >= 15 is 0 Å². The number of rotatable bonds is 4. The summed E-state index contributed by atoms with van der Waals surface area (Å²) in [6.07, 6.45) is 8.09. The van der Waals surface area contributed by atoms with Gasteiger partial charge in [-0.15, -0.1) is 11.3 Å². The average Bonchev–Trinajstić information content (AvgIpc) is 3.22. The third-order valence-electron chi connectivity index (χ3n) is 3.73. The molecule has 1 aromatic carbocycles. The normalized spacial score (nSPS) is 13.2. The van der Waals surface area contributed by atoms with E-state index in [1.165, 1.54) is 28.4 Å². The van der Waals surface area contributed by atoms with Crippen LogP contribution in [-0.4, -0.2) is 10.7 Å². The maximum atomic E-state index is 13.6. The Morgan fingerprint density at radius 3 is 2.63 bits per heavy atom. The predicted molar refractivity (Wildman–Crippen MR) is 101 cm³/mol. The number of carbonyl (C=O) groups excluding carboxylic acids is 1. The molecule has 0 atom stereocenters. The largest absolute Gasteiger partial charge is 0.312 e. The van der Waals surface area contributed by atoms with Crippen LogP contribution in [0.3, 0.4) is 0 Å². The summed E-state index contributed by atoms with van der Waals surface area (Å²) < 4.78 is 13.6. The van der Waals surface area contributed by atoms with Crippen molar-refractivity contribution in [2.75, 3.05) is 0 Å². The van der Waals surface area contributed by atoms with Crippen LogP contribution in [0.2, 0.25) is 0 Å². The molecular formula is C21H12FN3OS. The van der Waals surface area contributed by atoms with Crippen molar-refractivity contribution in [3.8, 4) is 12.1 Å². The number of carbonyl (C=O) groups is 1. The molecule has 2 heterocycles. The second-order valence-electron chi connectivity index (χ2n) is 5.45. The van der Waals surface area contributed by atoms with E-state index in [1.807, 2.05) is 12.1 Å². The molecule has 0 bridgehead atoms. The van der Waals surface area contributed by atoms with E-state index in [0.717, 1.165) is 0 Å². The molecule has 1 aliphatic rings. The zero-order chi connectivity index (χ0) is 19.2. The molecule has 2 aromatic rings. The molecule has 3 rings (SSSR count). The summed E-state index contributed by atoms with van der Waals surface area (Å²) >= 11 is 1.28. The van der Waals surface area contributed by atoms with E-state index in [-0.39, 0.29) is 22.8 Å². The lowest BCUT2D eigenvalue weighted by atomic mass is 10.1. The van der Waals surface area contributed by atoms with E-state index in [2.05, 4.69) is 0 Å². The van der Waals surface area contributed by atoms with Gasteiger partial charge in [0.05, 0.1) is 16.3 Å². The fraction of sp³-hybridized carbons (Fsp3) is 0. The quantitative estimate of drug-likeness (QED) is 0.439. The SMILES string of the molecule is N#CC(C#N)=C1C=CC=CN1C(=Cc1cccc(F)c1)C(=O)c1cccs1. The highest BCUT2D eigenvalue weighted by Gasteiger charge is 2.24. The molecular weight excluding hydrogens is 361 g/mol. The Balaban J connectivity index is 2.18. The molecule has 0 unspecified atom stereocenters. The highest BCUT2D eigenvalue weighted by Crippen LogP contribution is 2.27. The highest BCUT2D eigenvalue weighted by molar-refractivity contribution is 7.12. The fourth-order valence-corrected chi connectivity index (χ4v) is 3.20. The molecule has 0 saturated carbocycles. The molecule has 130 valence electrons. The second kappa shape index (κ2) is 8.09. The number of thiophene rings is 1. The van der Waals surface area contributed by atoms with Gasteiger partial charge in [0.15, 0.2) is 5.57 Å². The first-order valence-electron chi connectivity index (χ1n) is 7.88. The first-order valence-corrected chi connectivity index (χ1v) is 8.76. The lowest BCUT2D eigenvalue weighted by Gasteiger charge is -2.25. The van der Waals surface area contributed by atoms with E-state index in [0.29, 0.717) is 10.4 Å². The Bertz CT molecular complexity index is 1060. The minimum Gasteiger partial charge on any atom is -0.312 e. The first kappa shape index (κ1) is 18.1. The zero-order valence-electron chi connectivity index (χ0n) is 14.0. The van der Waals surface area contributed by atoms with Crippen molar-refractivity contribution in [2.24, 2.45) is 0 Å². The summed E-state index contributed by atoms with van der Waals surface area (Å²) in [6.45, 7) is 0. The lowest BCUT2D eigenvalue weighted by molar-refractivity contribution is 0.101. The van der Waals surface area contributed by atoms with Gasteiger partial charge in [-0.3, -0.25) is 4.79 Å². The van der Waals surface area contributed by atoms with Gasteiger partial charge in [-0.05, 0) is 47.4 Å². The van der Waals surface area contributed by atoms with Crippen LogP contribution in [0.4, 0.5) is 4.39 Å². The first-order chi connectivity index (χ1) is 13.1. The minimum absolute atomic E-state index is 0.125. The molecule has 0 amide bonds. The molecule has 0 saturated heterocycles. The average molecular weight is 373 g/mol. The van der Waals surface area contributed by atoms with Crippen LogP contribution >= 0.6 is 11.3 Å². The monoisotopic (exact) mass is 373 g/mol. The van der Waals surface area contributed by atoms with Gasteiger partial charge in [-0.2, -0.15) is 10.5 Å². The number of Topliss-reactive ketones (excluding diaryl/α,β-unsaturated/α-hetero) is 1. The molecule has 4 nitrogen and oxygen atoms in total. The number of allylic oxidation sites excluding steroid dienone is 5. The molecule has 0 fully saturated rings. The fourth-order valence-electron chi connectivity index (χ4n) is 2.53. The standard InChI is InChI=1S/C21H12FN3OS/c22-17-6-3-5-15(11-17)12-19(21(26)20-8-4-10-27-20)25-9-2-1-7-18(25)16(13-23)14-24/h1-12H. The van der Waals surface area contributed by atoms with Crippen LogP contribution in [0.25, 0.3) is 6.08 Å². The Morgan fingerprint density at radius 2 is 1.96 bits per heavy atom. The Morgan fingerprint density at radius 1 is 1.15 bits per heavy atom. The number of ketones is 1. The summed E-state index contributed by atoms with van der Waals surface area (Å²) in [5.74, 6) is -0.715. The molecule has 1 aromatic heterocycles. The van der Waals surface area contributed by atoms with Crippen LogP contribution in [0, 0.1) is 28.5 Å². The summed E-state index contributed by atoms with van der Waals surface area (Å²) in [4.78, 5) is 15.1. The van der Waals surface area contributed by atoms with Crippen LogP contribution in [-0.2, 0) is 0 Å². The van der Waals surface area contributed by atoms with Gasteiger partial charge in [0.2, 0.25) is 5.78 Å². The van der Waals surface area contributed by atoms with Gasteiger partial charge in [0.25, 0.3) is 0 Å². The molecule has 6 heteroatoms. The van der Waals surface area contributed by atoms with Crippen LogP contribution in [0.5, 0.6) is 0 Å². The van der Waals surface area contributed by atoms with Crippen molar-refractivity contribution in [2.45, 2.75) is 0 Å². The number of hydrogen-bond donors (Lipinski definition) is 0. The summed E-state index contributed by atoms with van der Waals surface area (Å²) in [5, 5.41) is 20.3. The zero-order valence-corrected chi connectivity index (χ0v) is 14.8. The topological polar surface area (TPSA) is 67.9 Å². The van der Waals surface area contributed by atoms with Gasteiger partial charge < -0.3 is 4.90 Å². The van der Waals surface area contributed by atoms with Crippen molar-refractivity contribution in [1.82, 2.24) is 4.90 Å². The summed E-state index contributed by atoms with van der Waals surface area (Å²) in [6, 6.07) is 13.0. The van der Waals surface area contributed by atoms with E-state index in [9.17, 15) is 19.7 Å². The van der Waals surface area contributed by atoms with Gasteiger partial charge in [-0.25, -0.2) is 4.39 Å². The molecule has 0 spiro atoms. The van der Waals surface area contributed by atoms with Crippen LogP contribution in [0.1, 0.15) is 15.2 Å². The number of hydrogen-bond acceptors (Lipinski definition) is 5. The van der Waals surface area contributed by atoms with Crippen molar-refractivity contribution in [3.05, 3.63) is 99.4 Å². The van der Waals surface area contributed by atoms with Crippen molar-refractivity contribution in [1.29, 1.82) is 10.5 Å². The number of nitrogens with zero attached hydrogens (tertiary/aromatic N) is 3. The van der Waals surface area contributed by atoms with E-state index in [1.54, 1.807) is 60.1 Å². The highest BCUT2D eigenvalue weighted by atomic mass is 32.1. The number of nitriles is 2. The van der Waals surface area contributed by atoms with Crippen LogP contribution in [0.15, 0.2) is 83.2 Å². The Kier molecular flexibility index (Phi) is 5.41. The lowest BCUT2D eigenvalue weighted by Crippen LogP contribution is -2.23. The maximum absolute atomic E-state index is 13.6. The molecule has 27 heavy (non-hydrogen) atoms. The maximum Gasteiger partial charge on any atom is 0.219 e. The Hall–Kier alpha value is -3.74. The predicted octanol–water partition coefficient (Wildman–Crippen LogP) is 4.80. The molecule has 1 aliphatic heterocycles. The summed E-state index contributed by atoms with van der Waals surface area (Å²) in [7, 11) is 0. The van der Waals surface area contributed by atoms with Gasteiger partial charge in [0, 0.05) is 6.20 Å². The van der Waals surface area contributed by atoms with Crippen molar-refractivity contribution < 1.29 is 9.18 Å². The van der Waals surface area contributed by atoms with E-state index in [4.69, 9.17) is 0 Å². The van der Waals surface area contributed by atoms with E-state index < -0.39 is 5.82 Å².